The number of nitrogens with one attached hydrogen (secondary N) is 1. The molecule has 0 bridgehead atoms. The molecule has 1 aromatic carbocycles. The van der Waals surface area contributed by atoms with E-state index in [1.54, 1.807) is 12.0 Å². The summed E-state index contributed by atoms with van der Waals surface area (Å²) < 4.78 is 5.14. The lowest BCUT2D eigenvalue weighted by Crippen LogP contribution is -2.46. The summed E-state index contributed by atoms with van der Waals surface area (Å²) in [6.07, 6.45) is 2.19. The zero-order valence-corrected chi connectivity index (χ0v) is 14.7. The van der Waals surface area contributed by atoms with Crippen LogP contribution in [0.15, 0.2) is 24.3 Å². The van der Waals surface area contributed by atoms with E-state index < -0.39 is 0 Å². The van der Waals surface area contributed by atoms with Gasteiger partial charge in [-0.05, 0) is 37.1 Å². The molecule has 2 rings (SSSR count). The van der Waals surface area contributed by atoms with E-state index in [9.17, 15) is 9.59 Å². The van der Waals surface area contributed by atoms with Gasteiger partial charge in [0.2, 0.25) is 5.91 Å². The predicted molar refractivity (Wildman–Crippen MR) is 94.4 cm³/mol. The van der Waals surface area contributed by atoms with Crippen molar-refractivity contribution >= 4 is 17.6 Å². The number of anilines is 1. The van der Waals surface area contributed by atoms with Crippen molar-refractivity contribution < 1.29 is 14.3 Å². The molecule has 24 heavy (non-hydrogen) atoms. The standard InChI is InChI=1S/C18H27N3O3/c1-4-10-20(11-5-2)18(23)19-14-12-17(22)21(13-14)15-6-8-16(24-3)9-7-15/h6-9,14H,4-5,10-13H2,1-3H3,(H,19,23)/t14-/m1/s1. The monoisotopic (exact) mass is 333 g/mol. The number of carbonyl (C=O) groups excluding carboxylic acids is 2. The summed E-state index contributed by atoms with van der Waals surface area (Å²) in [5.74, 6) is 0.785. The van der Waals surface area contributed by atoms with Gasteiger partial charge in [0, 0.05) is 31.7 Å². The maximum Gasteiger partial charge on any atom is 0.317 e. The zero-order chi connectivity index (χ0) is 17.5. The van der Waals surface area contributed by atoms with E-state index >= 15 is 0 Å². The fourth-order valence-corrected chi connectivity index (χ4v) is 2.94. The number of hydrogen-bond acceptors (Lipinski definition) is 3. The van der Waals surface area contributed by atoms with Crippen LogP contribution in [0.5, 0.6) is 5.75 Å². The third-order valence-electron chi connectivity index (χ3n) is 4.11. The lowest BCUT2D eigenvalue weighted by Gasteiger charge is -2.24. The molecule has 0 radical (unpaired) electrons. The third-order valence-corrected chi connectivity index (χ3v) is 4.11. The Balaban J connectivity index is 1.96. The first-order chi connectivity index (χ1) is 11.6. The Kier molecular flexibility index (Phi) is 6.46. The van der Waals surface area contributed by atoms with Crippen molar-refractivity contribution in [1.29, 1.82) is 0 Å². The summed E-state index contributed by atoms with van der Waals surface area (Å²) in [7, 11) is 1.61. The van der Waals surface area contributed by atoms with Crippen molar-refractivity contribution in [3.8, 4) is 5.75 Å². The zero-order valence-electron chi connectivity index (χ0n) is 14.7. The van der Waals surface area contributed by atoms with Crippen LogP contribution in [-0.4, -0.2) is 49.6 Å². The molecule has 1 aromatic rings. The average molecular weight is 333 g/mol. The second kappa shape index (κ2) is 8.57. The Morgan fingerprint density at radius 1 is 1.25 bits per heavy atom. The van der Waals surface area contributed by atoms with Gasteiger partial charge in [-0.15, -0.1) is 0 Å². The van der Waals surface area contributed by atoms with Gasteiger partial charge in [-0.25, -0.2) is 4.79 Å². The first-order valence-corrected chi connectivity index (χ1v) is 8.58. The number of methoxy groups -OCH3 is 1. The first-order valence-electron chi connectivity index (χ1n) is 8.58. The van der Waals surface area contributed by atoms with E-state index in [2.05, 4.69) is 19.2 Å². The SMILES string of the molecule is CCCN(CCC)C(=O)N[C@@H]1CC(=O)N(c2ccc(OC)cc2)C1. The average Bonchev–Trinajstić information content (AvgIpc) is 2.95. The largest absolute Gasteiger partial charge is 0.497 e. The number of ether oxygens (including phenoxy) is 1. The van der Waals surface area contributed by atoms with Crippen LogP contribution in [0.25, 0.3) is 0 Å². The number of benzene rings is 1. The molecule has 1 fully saturated rings. The van der Waals surface area contributed by atoms with E-state index in [1.165, 1.54) is 0 Å². The van der Waals surface area contributed by atoms with E-state index in [1.807, 2.05) is 29.2 Å². The number of amides is 3. The normalized spacial score (nSPS) is 17.0. The summed E-state index contributed by atoms with van der Waals surface area (Å²) in [5.41, 5.74) is 0.830. The van der Waals surface area contributed by atoms with E-state index in [0.29, 0.717) is 13.0 Å². The van der Waals surface area contributed by atoms with Crippen molar-refractivity contribution in [3.63, 3.8) is 0 Å². The highest BCUT2D eigenvalue weighted by molar-refractivity contribution is 5.96. The Hall–Kier alpha value is -2.24. The minimum absolute atomic E-state index is 0.0306. The molecule has 0 saturated carbocycles. The van der Waals surface area contributed by atoms with Crippen LogP contribution in [0.3, 0.4) is 0 Å². The summed E-state index contributed by atoms with van der Waals surface area (Å²) in [5, 5.41) is 3.00. The van der Waals surface area contributed by atoms with Crippen LogP contribution in [0.2, 0.25) is 0 Å². The van der Waals surface area contributed by atoms with E-state index in [-0.39, 0.29) is 18.0 Å². The maximum absolute atomic E-state index is 12.4. The highest BCUT2D eigenvalue weighted by Gasteiger charge is 2.32. The Morgan fingerprint density at radius 3 is 2.42 bits per heavy atom. The van der Waals surface area contributed by atoms with Gasteiger partial charge in [-0.1, -0.05) is 13.8 Å². The Bertz CT molecular complexity index is 553. The first kappa shape index (κ1) is 18.1. The fourth-order valence-electron chi connectivity index (χ4n) is 2.94. The van der Waals surface area contributed by atoms with Gasteiger partial charge in [-0.3, -0.25) is 4.79 Å². The number of urea groups is 1. The van der Waals surface area contributed by atoms with Crippen LogP contribution < -0.4 is 15.0 Å². The molecular weight excluding hydrogens is 306 g/mol. The summed E-state index contributed by atoms with van der Waals surface area (Å²) in [4.78, 5) is 28.2. The van der Waals surface area contributed by atoms with Gasteiger partial charge in [0.1, 0.15) is 5.75 Å². The minimum atomic E-state index is -0.150. The molecule has 6 nitrogen and oxygen atoms in total. The molecule has 132 valence electrons. The fraction of sp³-hybridized carbons (Fsp3) is 0.556. The van der Waals surface area contributed by atoms with E-state index in [4.69, 9.17) is 4.74 Å². The number of nitrogens with zero attached hydrogens (tertiary/aromatic N) is 2. The topological polar surface area (TPSA) is 61.9 Å². The van der Waals surface area contributed by atoms with Crippen LogP contribution in [0.4, 0.5) is 10.5 Å². The van der Waals surface area contributed by atoms with Crippen molar-refractivity contribution in [2.45, 2.75) is 39.2 Å². The second-order valence-electron chi connectivity index (χ2n) is 6.04. The molecule has 3 amide bonds. The van der Waals surface area contributed by atoms with Gasteiger partial charge in [-0.2, -0.15) is 0 Å². The lowest BCUT2D eigenvalue weighted by atomic mass is 10.2. The smallest absolute Gasteiger partial charge is 0.317 e. The summed E-state index contributed by atoms with van der Waals surface area (Å²) in [6, 6.07) is 7.16. The quantitative estimate of drug-likeness (QED) is 0.834. The maximum atomic E-state index is 12.4. The Morgan fingerprint density at radius 2 is 1.88 bits per heavy atom. The molecule has 6 heteroatoms. The number of carbonyl (C=O) groups is 2. The summed E-state index contributed by atoms with van der Waals surface area (Å²) >= 11 is 0. The summed E-state index contributed by atoms with van der Waals surface area (Å²) in [6.45, 7) is 6.09. The second-order valence-corrected chi connectivity index (χ2v) is 6.04. The van der Waals surface area contributed by atoms with Crippen LogP contribution in [-0.2, 0) is 4.79 Å². The van der Waals surface area contributed by atoms with Gasteiger partial charge in [0.05, 0.1) is 13.2 Å². The van der Waals surface area contributed by atoms with Crippen molar-refractivity contribution in [2.24, 2.45) is 0 Å². The molecule has 0 aromatic heterocycles. The number of rotatable bonds is 7. The van der Waals surface area contributed by atoms with Crippen LogP contribution >= 0.6 is 0 Å². The Labute approximate surface area is 143 Å². The van der Waals surface area contributed by atoms with Gasteiger partial charge in [0.15, 0.2) is 0 Å². The highest BCUT2D eigenvalue weighted by Crippen LogP contribution is 2.24. The molecular formula is C18H27N3O3. The molecule has 1 N–H and O–H groups in total. The van der Waals surface area contributed by atoms with Crippen molar-refractivity contribution in [3.05, 3.63) is 24.3 Å². The van der Waals surface area contributed by atoms with Gasteiger partial charge in [0.25, 0.3) is 0 Å². The van der Waals surface area contributed by atoms with Crippen LogP contribution in [0.1, 0.15) is 33.1 Å². The molecule has 1 saturated heterocycles. The predicted octanol–water partition coefficient (Wildman–Crippen LogP) is 2.63. The van der Waals surface area contributed by atoms with Crippen molar-refractivity contribution in [2.75, 3.05) is 31.6 Å². The minimum Gasteiger partial charge on any atom is -0.497 e. The lowest BCUT2D eigenvalue weighted by molar-refractivity contribution is -0.117. The number of hydrogen-bond donors (Lipinski definition) is 1. The highest BCUT2D eigenvalue weighted by atomic mass is 16.5. The van der Waals surface area contributed by atoms with Gasteiger partial charge >= 0.3 is 6.03 Å². The molecule has 1 aliphatic rings. The molecule has 1 atom stereocenters. The molecule has 1 heterocycles. The molecule has 0 aliphatic carbocycles. The molecule has 0 unspecified atom stereocenters. The van der Waals surface area contributed by atoms with Gasteiger partial charge < -0.3 is 19.9 Å². The molecule has 0 spiro atoms. The molecule has 1 aliphatic heterocycles. The third kappa shape index (κ3) is 4.40. The van der Waals surface area contributed by atoms with Crippen LogP contribution in [0, 0.1) is 0 Å². The van der Waals surface area contributed by atoms with E-state index in [0.717, 1.165) is 37.4 Å². The van der Waals surface area contributed by atoms with Crippen molar-refractivity contribution in [1.82, 2.24) is 10.2 Å².